The van der Waals surface area contributed by atoms with Crippen molar-refractivity contribution < 1.29 is 8.83 Å². The average molecular weight is 1250 g/mol. The summed E-state index contributed by atoms with van der Waals surface area (Å²) in [7, 11) is 0. The second kappa shape index (κ2) is 22.2. The molecule has 0 N–H and O–H groups in total. The van der Waals surface area contributed by atoms with Gasteiger partial charge < -0.3 is 8.83 Å². The number of benzene rings is 16. The molecule has 98 heavy (non-hydrogen) atoms. The minimum Gasteiger partial charge on any atom is -0.456 e. The highest BCUT2D eigenvalue weighted by molar-refractivity contribution is 6.24. The highest BCUT2D eigenvalue weighted by atomic mass is 16.3. The van der Waals surface area contributed by atoms with Crippen molar-refractivity contribution in [3.8, 4) is 101 Å². The van der Waals surface area contributed by atoms with Crippen LogP contribution in [0.4, 0.5) is 0 Å². The summed E-state index contributed by atoms with van der Waals surface area (Å²) in [5.74, 6) is 2.52. The van der Waals surface area contributed by atoms with Crippen molar-refractivity contribution in [3.05, 3.63) is 322 Å². The third kappa shape index (κ3) is 9.01. The first kappa shape index (κ1) is 55.2. The first-order chi connectivity index (χ1) is 48.5. The van der Waals surface area contributed by atoms with Gasteiger partial charge in [0.1, 0.15) is 22.3 Å². The van der Waals surface area contributed by atoms with Crippen LogP contribution in [-0.4, -0.2) is 24.9 Å². The van der Waals surface area contributed by atoms with E-state index < -0.39 is 0 Å². The van der Waals surface area contributed by atoms with Crippen LogP contribution in [0.2, 0.25) is 0 Å². The van der Waals surface area contributed by atoms with E-state index in [0.717, 1.165) is 181 Å². The first-order valence-electron chi connectivity index (χ1n) is 33.1. The summed E-state index contributed by atoms with van der Waals surface area (Å²) >= 11 is 0. The van der Waals surface area contributed by atoms with Gasteiger partial charge in [-0.1, -0.05) is 261 Å². The summed E-state index contributed by atoms with van der Waals surface area (Å²) in [6, 6.07) is 114. The lowest BCUT2D eigenvalue weighted by Crippen LogP contribution is -2.01. The predicted octanol–water partition coefficient (Wildman–Crippen LogP) is 24.4. The van der Waals surface area contributed by atoms with Gasteiger partial charge in [0.15, 0.2) is 23.3 Å². The average Bonchev–Trinajstić information content (AvgIpc) is 0.958. The first-order valence-corrected chi connectivity index (χ1v) is 33.1. The van der Waals surface area contributed by atoms with Crippen LogP contribution in [0.5, 0.6) is 0 Å². The maximum absolute atomic E-state index is 6.89. The van der Waals surface area contributed by atoms with E-state index >= 15 is 0 Å². The standard InChI is InChI=1S/C91H53N5O2/c1-4-22-54(23-5-1)78-53-79(93-90(92-78)86-69-37-16-12-33-65(69)84(66-34-13-17-38-70(66)86)62-42-44-80-74(49-62)76-47-57-28-10-11-29-58(57)51-82(76)97-80)61-32-20-30-59(46-61)64-41-21-31-60-48-77-75-50-63(43-45-81(75)98-83(77)52-73(60)64)85-67-35-14-18-39-71(67)87(72-40-19-15-36-68(72)85)91-95-88(55-24-6-2-7-25-55)94-89(96-91)56-26-8-3-9-27-56/h1-53H. The van der Waals surface area contributed by atoms with Crippen LogP contribution in [0.25, 0.3) is 210 Å². The van der Waals surface area contributed by atoms with Crippen LogP contribution >= 0.6 is 0 Å². The smallest absolute Gasteiger partial charge is 0.165 e. The number of hydrogen-bond donors (Lipinski definition) is 0. The molecule has 20 aromatic rings. The van der Waals surface area contributed by atoms with Crippen LogP contribution in [0.1, 0.15) is 0 Å². The maximum Gasteiger partial charge on any atom is 0.165 e. The van der Waals surface area contributed by atoms with Crippen molar-refractivity contribution in [2.75, 3.05) is 0 Å². The molecule has 0 aliphatic rings. The molecule has 0 aliphatic heterocycles. The van der Waals surface area contributed by atoms with E-state index in [-0.39, 0.29) is 0 Å². The molecule has 20 rings (SSSR count). The molecule has 4 heterocycles. The van der Waals surface area contributed by atoms with E-state index in [1.54, 1.807) is 0 Å². The van der Waals surface area contributed by atoms with Gasteiger partial charge in [0, 0.05) is 54.9 Å². The Balaban J connectivity index is 0.701. The van der Waals surface area contributed by atoms with Gasteiger partial charge in [-0.05, 0) is 159 Å². The second-order valence-electron chi connectivity index (χ2n) is 25.3. The van der Waals surface area contributed by atoms with Gasteiger partial charge in [0.2, 0.25) is 0 Å². The Bertz CT molecular complexity index is 6510. The zero-order valence-corrected chi connectivity index (χ0v) is 52.7. The van der Waals surface area contributed by atoms with Crippen molar-refractivity contribution in [2.45, 2.75) is 0 Å². The fourth-order valence-electron chi connectivity index (χ4n) is 15.2. The highest BCUT2D eigenvalue weighted by Crippen LogP contribution is 2.48. The summed E-state index contributed by atoms with van der Waals surface area (Å²) in [5, 5.41) is 17.5. The summed E-state index contributed by atoms with van der Waals surface area (Å²) in [4.78, 5) is 26.7. The van der Waals surface area contributed by atoms with Crippen molar-refractivity contribution >= 4 is 109 Å². The van der Waals surface area contributed by atoms with Crippen LogP contribution in [0.3, 0.4) is 0 Å². The van der Waals surface area contributed by atoms with E-state index in [1.807, 2.05) is 36.4 Å². The van der Waals surface area contributed by atoms with Crippen molar-refractivity contribution in [1.29, 1.82) is 0 Å². The van der Waals surface area contributed by atoms with Crippen molar-refractivity contribution in [1.82, 2.24) is 24.9 Å². The van der Waals surface area contributed by atoms with E-state index in [2.05, 4.69) is 285 Å². The van der Waals surface area contributed by atoms with Crippen LogP contribution in [-0.2, 0) is 0 Å². The molecule has 0 fully saturated rings. The number of furan rings is 2. The molecule has 0 saturated carbocycles. The topological polar surface area (TPSA) is 90.7 Å². The van der Waals surface area contributed by atoms with E-state index in [0.29, 0.717) is 23.3 Å². The van der Waals surface area contributed by atoms with E-state index in [1.165, 1.54) is 5.39 Å². The number of hydrogen-bond acceptors (Lipinski definition) is 7. The zero-order chi connectivity index (χ0) is 64.4. The summed E-state index contributed by atoms with van der Waals surface area (Å²) in [6.45, 7) is 0. The van der Waals surface area contributed by atoms with Crippen molar-refractivity contribution in [2.24, 2.45) is 0 Å². The Labute approximate surface area is 561 Å². The third-order valence-corrected chi connectivity index (χ3v) is 19.7. The Hall–Kier alpha value is -13.2. The second-order valence-corrected chi connectivity index (χ2v) is 25.3. The monoisotopic (exact) mass is 1250 g/mol. The Kier molecular flexibility index (Phi) is 12.5. The van der Waals surface area contributed by atoms with Gasteiger partial charge in [0.05, 0.1) is 11.4 Å². The number of nitrogens with zero attached hydrogens (tertiary/aromatic N) is 5. The highest BCUT2D eigenvalue weighted by Gasteiger charge is 2.25. The van der Waals surface area contributed by atoms with Crippen LogP contribution in [0.15, 0.2) is 330 Å². The lowest BCUT2D eigenvalue weighted by molar-refractivity contribution is 0.669. The number of rotatable bonds is 9. The largest absolute Gasteiger partial charge is 0.456 e. The molecule has 0 amide bonds. The Morgan fingerprint density at radius 1 is 0.173 bits per heavy atom. The molecule has 4 aromatic heterocycles. The molecule has 0 radical (unpaired) electrons. The van der Waals surface area contributed by atoms with Crippen LogP contribution < -0.4 is 0 Å². The molecule has 0 bridgehead atoms. The summed E-state index contributed by atoms with van der Waals surface area (Å²) in [5.41, 5.74) is 17.5. The van der Waals surface area contributed by atoms with E-state index in [4.69, 9.17) is 33.8 Å². The zero-order valence-electron chi connectivity index (χ0n) is 52.7. The molecule has 7 nitrogen and oxygen atoms in total. The van der Waals surface area contributed by atoms with Crippen LogP contribution in [0, 0.1) is 0 Å². The molecule has 16 aromatic carbocycles. The molecular weight excluding hydrogens is 1200 g/mol. The third-order valence-electron chi connectivity index (χ3n) is 19.7. The number of aromatic nitrogens is 5. The minimum atomic E-state index is 0.621. The predicted molar refractivity (Wildman–Crippen MR) is 404 cm³/mol. The van der Waals surface area contributed by atoms with Gasteiger partial charge in [0.25, 0.3) is 0 Å². The fraction of sp³-hybridized carbons (Fsp3) is 0. The van der Waals surface area contributed by atoms with Gasteiger partial charge in [-0.2, -0.15) is 0 Å². The van der Waals surface area contributed by atoms with Gasteiger partial charge in [-0.25, -0.2) is 24.9 Å². The van der Waals surface area contributed by atoms with Gasteiger partial charge >= 0.3 is 0 Å². The molecule has 0 unspecified atom stereocenters. The van der Waals surface area contributed by atoms with Gasteiger partial charge in [-0.15, -0.1) is 0 Å². The summed E-state index contributed by atoms with van der Waals surface area (Å²) in [6.07, 6.45) is 0. The van der Waals surface area contributed by atoms with Gasteiger partial charge in [-0.3, -0.25) is 0 Å². The normalized spacial score (nSPS) is 11.9. The Morgan fingerprint density at radius 3 is 1.06 bits per heavy atom. The lowest BCUT2D eigenvalue weighted by Gasteiger charge is -2.18. The molecular formula is C91H53N5O2. The quantitative estimate of drug-likeness (QED) is 0.133. The lowest BCUT2D eigenvalue weighted by atomic mass is 9.87. The molecule has 454 valence electrons. The van der Waals surface area contributed by atoms with Crippen molar-refractivity contribution in [3.63, 3.8) is 0 Å². The molecule has 0 atom stereocenters. The number of fused-ring (bicyclic) bond motifs is 12. The summed E-state index contributed by atoms with van der Waals surface area (Å²) < 4.78 is 13.4. The Morgan fingerprint density at radius 2 is 0.541 bits per heavy atom. The SMILES string of the molecule is c1ccc(-c2cc(-c3cccc(-c4cccc5cc6c(cc45)oc4ccc(-c5c7ccccc7c(-c7nc(-c8ccccc8)nc(-c8ccccc8)n7)c7ccccc57)cc46)c3)nc(-c3c4ccccc4c(-c4ccc5oc6cc7ccccc7cc6c5c4)c4ccccc34)n2)cc1. The molecule has 0 aliphatic carbocycles. The maximum atomic E-state index is 6.89. The minimum absolute atomic E-state index is 0.621. The molecule has 0 saturated heterocycles. The molecule has 7 heteroatoms. The van der Waals surface area contributed by atoms with E-state index in [9.17, 15) is 0 Å². The molecule has 0 spiro atoms. The fourth-order valence-corrected chi connectivity index (χ4v) is 15.2.